The molecule has 0 spiro atoms. The largest absolute Gasteiger partial charge is 0.497 e. The van der Waals surface area contributed by atoms with Crippen molar-refractivity contribution < 1.29 is 19.4 Å². The quantitative estimate of drug-likeness (QED) is 0.192. The molecule has 1 heterocycles. The molecule has 0 aliphatic carbocycles. The fourth-order valence-electron chi connectivity index (χ4n) is 4.54. The molecule has 1 unspecified atom stereocenters. The maximum Gasteiger partial charge on any atom is 0.251 e. The first-order valence-electron chi connectivity index (χ1n) is 13.9. The van der Waals surface area contributed by atoms with Crippen LogP contribution in [0.2, 0.25) is 0 Å². The van der Waals surface area contributed by atoms with Gasteiger partial charge in [-0.1, -0.05) is 48.5 Å². The van der Waals surface area contributed by atoms with Crippen LogP contribution in [-0.2, 0) is 6.42 Å². The molecule has 0 saturated carbocycles. The lowest BCUT2D eigenvalue weighted by Gasteiger charge is -2.26. The molecule has 9 nitrogen and oxygen atoms in total. The summed E-state index contributed by atoms with van der Waals surface area (Å²) in [7, 11) is 1.63. The van der Waals surface area contributed by atoms with E-state index in [2.05, 4.69) is 25.9 Å². The van der Waals surface area contributed by atoms with Gasteiger partial charge >= 0.3 is 0 Å². The van der Waals surface area contributed by atoms with Crippen LogP contribution in [0.15, 0.2) is 97.5 Å². The first-order chi connectivity index (χ1) is 20.3. The predicted molar refractivity (Wildman–Crippen MR) is 161 cm³/mol. The minimum absolute atomic E-state index is 0.0296. The van der Waals surface area contributed by atoms with Crippen molar-refractivity contribution in [2.45, 2.75) is 44.5 Å². The first-order valence-corrected chi connectivity index (χ1v) is 13.9. The topological polar surface area (TPSA) is 125 Å². The van der Waals surface area contributed by atoms with Crippen molar-refractivity contribution in [2.24, 2.45) is 0 Å². The molecule has 9 heteroatoms. The number of benzene rings is 3. The lowest BCUT2D eigenvalue weighted by Crippen LogP contribution is -2.49. The van der Waals surface area contributed by atoms with E-state index in [1.165, 1.54) is 0 Å². The maximum atomic E-state index is 13.4. The third-order valence-electron chi connectivity index (χ3n) is 7.09. The second-order valence-corrected chi connectivity index (χ2v) is 10.1. The number of hydrogen-bond acceptors (Lipinski definition) is 7. The Morgan fingerprint density at radius 2 is 1.55 bits per heavy atom. The van der Waals surface area contributed by atoms with Gasteiger partial charge in [-0.3, -0.25) is 19.6 Å². The van der Waals surface area contributed by atoms with Gasteiger partial charge in [0, 0.05) is 36.1 Å². The Labute approximate surface area is 246 Å². The fourth-order valence-corrected chi connectivity index (χ4v) is 4.54. The van der Waals surface area contributed by atoms with E-state index >= 15 is 0 Å². The Bertz CT molecular complexity index is 1430. The molecule has 2 amide bonds. The zero-order valence-electron chi connectivity index (χ0n) is 24.0. The lowest BCUT2D eigenvalue weighted by molar-refractivity contribution is 0.0825. The molecule has 42 heavy (non-hydrogen) atoms. The summed E-state index contributed by atoms with van der Waals surface area (Å²) < 4.78 is 5.24. The van der Waals surface area contributed by atoms with Gasteiger partial charge in [-0.05, 0) is 61.7 Å². The average molecular weight is 568 g/mol. The standard InChI is InChI=1S/C33H37N5O4/c1-22(25-12-14-28(42-3)15-13-25)36-21-31(39)29(18-24-8-5-4-6-9-24)38-33(41)27-11-7-10-26(19-27)32(40)37-23(2)30-20-34-16-17-35-30/h4-17,19-20,22-23,29,31,36,39H,18,21H2,1-3H3,(H,37,40)(H,38,41)/t22-,23?,29+,31-/m1/s1. The van der Waals surface area contributed by atoms with Crippen molar-refractivity contribution in [1.82, 2.24) is 25.9 Å². The Morgan fingerprint density at radius 1 is 0.857 bits per heavy atom. The number of carbonyl (C=O) groups excluding carboxylic acids is 2. The zero-order valence-corrected chi connectivity index (χ0v) is 24.0. The van der Waals surface area contributed by atoms with E-state index in [-0.39, 0.29) is 30.4 Å². The van der Waals surface area contributed by atoms with E-state index in [1.54, 1.807) is 50.0 Å². The number of hydrogen-bond donors (Lipinski definition) is 4. The van der Waals surface area contributed by atoms with Crippen LogP contribution < -0.4 is 20.7 Å². The van der Waals surface area contributed by atoms with Gasteiger partial charge in [-0.2, -0.15) is 0 Å². The van der Waals surface area contributed by atoms with Crippen LogP contribution in [-0.4, -0.2) is 52.7 Å². The number of carbonyl (C=O) groups is 2. The second kappa shape index (κ2) is 14.9. The molecular weight excluding hydrogens is 530 g/mol. The highest BCUT2D eigenvalue weighted by atomic mass is 16.5. The zero-order chi connectivity index (χ0) is 29.9. The van der Waals surface area contributed by atoms with Crippen LogP contribution in [0.25, 0.3) is 0 Å². The molecule has 0 aliphatic heterocycles. The number of aliphatic hydroxyl groups is 1. The van der Waals surface area contributed by atoms with E-state index in [9.17, 15) is 14.7 Å². The number of nitrogens with one attached hydrogen (secondary N) is 3. The van der Waals surface area contributed by atoms with Crippen molar-refractivity contribution in [1.29, 1.82) is 0 Å². The molecular formula is C33H37N5O4. The molecule has 4 aromatic rings. The van der Waals surface area contributed by atoms with Crippen LogP contribution in [0.1, 0.15) is 63.5 Å². The van der Waals surface area contributed by atoms with E-state index in [4.69, 9.17) is 4.74 Å². The highest BCUT2D eigenvalue weighted by Crippen LogP contribution is 2.18. The van der Waals surface area contributed by atoms with Crippen molar-refractivity contribution in [3.63, 3.8) is 0 Å². The SMILES string of the molecule is COc1ccc([C@@H](C)NC[C@@H](O)[C@H](Cc2ccccc2)NC(=O)c2cccc(C(=O)NC(C)c3cnccn3)c2)cc1. The van der Waals surface area contributed by atoms with E-state index in [1.807, 2.05) is 68.4 Å². The van der Waals surface area contributed by atoms with Gasteiger partial charge < -0.3 is 25.8 Å². The molecule has 4 atom stereocenters. The number of amides is 2. The average Bonchev–Trinajstić information content (AvgIpc) is 3.04. The predicted octanol–water partition coefficient (Wildman–Crippen LogP) is 4.03. The fraction of sp³-hybridized carbons (Fsp3) is 0.273. The van der Waals surface area contributed by atoms with Gasteiger partial charge in [0.05, 0.1) is 37.2 Å². The van der Waals surface area contributed by atoms with E-state index in [0.29, 0.717) is 23.2 Å². The van der Waals surface area contributed by atoms with E-state index < -0.39 is 12.1 Å². The Kier molecular flexibility index (Phi) is 10.7. The van der Waals surface area contributed by atoms with Crippen LogP contribution in [0, 0.1) is 0 Å². The summed E-state index contributed by atoms with van der Waals surface area (Å²) in [5.41, 5.74) is 3.33. The van der Waals surface area contributed by atoms with Crippen LogP contribution >= 0.6 is 0 Å². The normalized spacial score (nSPS) is 13.8. The minimum atomic E-state index is -0.880. The van der Waals surface area contributed by atoms with Crippen molar-refractivity contribution in [3.05, 3.63) is 125 Å². The van der Waals surface area contributed by atoms with Crippen LogP contribution in [0.3, 0.4) is 0 Å². The van der Waals surface area contributed by atoms with Crippen LogP contribution in [0.4, 0.5) is 0 Å². The van der Waals surface area contributed by atoms with Crippen molar-refractivity contribution in [2.75, 3.05) is 13.7 Å². The monoisotopic (exact) mass is 567 g/mol. The lowest BCUT2D eigenvalue weighted by atomic mass is 9.99. The molecule has 0 aliphatic rings. The number of aromatic nitrogens is 2. The summed E-state index contributed by atoms with van der Waals surface area (Å²) in [5.74, 6) is 0.0633. The maximum absolute atomic E-state index is 13.4. The molecule has 1 aromatic heterocycles. The summed E-state index contributed by atoms with van der Waals surface area (Å²) in [6.07, 6.45) is 4.29. The van der Waals surface area contributed by atoms with Gasteiger partial charge in [0.25, 0.3) is 11.8 Å². The molecule has 4 rings (SSSR count). The second-order valence-electron chi connectivity index (χ2n) is 10.1. The Hall–Kier alpha value is -4.60. The molecule has 0 fully saturated rings. The summed E-state index contributed by atoms with van der Waals surface area (Å²) in [4.78, 5) is 34.6. The highest BCUT2D eigenvalue weighted by molar-refractivity contribution is 5.99. The van der Waals surface area contributed by atoms with Gasteiger partial charge in [-0.15, -0.1) is 0 Å². The summed E-state index contributed by atoms with van der Waals surface area (Å²) in [6.45, 7) is 4.09. The molecule has 4 N–H and O–H groups in total. The van der Waals surface area contributed by atoms with Gasteiger partial charge in [0.1, 0.15) is 5.75 Å². The highest BCUT2D eigenvalue weighted by Gasteiger charge is 2.24. The van der Waals surface area contributed by atoms with Crippen molar-refractivity contribution >= 4 is 11.8 Å². The van der Waals surface area contributed by atoms with Crippen LogP contribution in [0.5, 0.6) is 5.75 Å². The molecule has 0 radical (unpaired) electrons. The molecule has 0 bridgehead atoms. The number of nitrogens with zero attached hydrogens (tertiary/aromatic N) is 2. The van der Waals surface area contributed by atoms with E-state index in [0.717, 1.165) is 16.9 Å². The number of ether oxygens (including phenoxy) is 1. The molecule has 218 valence electrons. The number of methoxy groups -OCH3 is 1. The van der Waals surface area contributed by atoms with Gasteiger partial charge in [0.2, 0.25) is 0 Å². The molecule has 0 saturated heterocycles. The molecule has 3 aromatic carbocycles. The smallest absolute Gasteiger partial charge is 0.251 e. The summed E-state index contributed by atoms with van der Waals surface area (Å²) in [5, 5.41) is 20.5. The summed E-state index contributed by atoms with van der Waals surface area (Å²) >= 11 is 0. The van der Waals surface area contributed by atoms with Crippen molar-refractivity contribution in [3.8, 4) is 5.75 Å². The number of rotatable bonds is 13. The third-order valence-corrected chi connectivity index (χ3v) is 7.09. The number of aliphatic hydroxyl groups excluding tert-OH is 1. The third kappa shape index (κ3) is 8.45. The Balaban J connectivity index is 1.43. The van der Waals surface area contributed by atoms with Gasteiger partial charge in [-0.25, -0.2) is 0 Å². The van der Waals surface area contributed by atoms with Gasteiger partial charge in [0.15, 0.2) is 0 Å². The Morgan fingerprint density at radius 3 is 2.19 bits per heavy atom. The first kappa shape index (κ1) is 30.4. The minimum Gasteiger partial charge on any atom is -0.497 e. The summed E-state index contributed by atoms with van der Waals surface area (Å²) in [6, 6.07) is 23.0.